The van der Waals surface area contributed by atoms with Crippen LogP contribution in [0, 0.1) is 11.8 Å². The van der Waals surface area contributed by atoms with Crippen LogP contribution in [-0.4, -0.2) is 96.7 Å². The van der Waals surface area contributed by atoms with Gasteiger partial charge in [0.1, 0.15) is 19.3 Å². The van der Waals surface area contributed by atoms with Crippen LogP contribution < -0.4 is 0 Å². The molecule has 0 saturated heterocycles. The summed E-state index contributed by atoms with van der Waals surface area (Å²) >= 11 is 0. The van der Waals surface area contributed by atoms with Gasteiger partial charge >= 0.3 is 39.5 Å². The highest BCUT2D eigenvalue weighted by molar-refractivity contribution is 7.47. The lowest BCUT2D eigenvalue weighted by Gasteiger charge is -2.21. The van der Waals surface area contributed by atoms with Gasteiger partial charge in [0.2, 0.25) is 0 Å². The molecule has 0 spiro atoms. The minimum Gasteiger partial charge on any atom is -0.462 e. The minimum absolute atomic E-state index is 0.105. The Bertz CT molecular complexity index is 1700. The van der Waals surface area contributed by atoms with Crippen molar-refractivity contribution in [2.45, 2.75) is 362 Å². The van der Waals surface area contributed by atoms with E-state index in [-0.39, 0.29) is 25.7 Å². The number of unbranched alkanes of at least 4 members (excludes halogenated alkanes) is 37. The molecule has 0 aliphatic heterocycles. The Morgan fingerprint density at radius 1 is 0.310 bits per heavy atom. The lowest BCUT2D eigenvalue weighted by molar-refractivity contribution is -0.161. The average Bonchev–Trinajstić information content (AvgIpc) is 3.54. The van der Waals surface area contributed by atoms with Crippen molar-refractivity contribution in [2.75, 3.05) is 39.6 Å². The van der Waals surface area contributed by atoms with Crippen LogP contribution in [0.2, 0.25) is 0 Å². The third kappa shape index (κ3) is 62.6. The maximum Gasteiger partial charge on any atom is 0.472 e. The predicted octanol–water partition coefficient (Wildman–Crippen LogP) is 19.2. The maximum atomic E-state index is 13.0. The minimum atomic E-state index is -4.95. The van der Waals surface area contributed by atoms with Gasteiger partial charge in [-0.1, -0.05) is 292 Å². The van der Waals surface area contributed by atoms with E-state index in [0.717, 1.165) is 108 Å². The third-order valence-electron chi connectivity index (χ3n) is 15.7. The van der Waals surface area contributed by atoms with E-state index in [1.807, 2.05) is 0 Å². The fourth-order valence-electron chi connectivity index (χ4n) is 10.2. The van der Waals surface area contributed by atoms with Crippen molar-refractivity contribution in [1.29, 1.82) is 0 Å². The number of hydrogen-bond donors (Lipinski definition) is 3. The Morgan fingerprint density at radius 2 is 0.529 bits per heavy atom. The first kappa shape index (κ1) is 85.1. The van der Waals surface area contributed by atoms with E-state index >= 15 is 0 Å². The van der Waals surface area contributed by atoms with E-state index in [1.165, 1.54) is 154 Å². The highest BCUT2D eigenvalue weighted by Gasteiger charge is 2.30. The number of carbonyl (C=O) groups excluding carboxylic acids is 4. The first-order valence-corrected chi connectivity index (χ1v) is 38.5. The molecule has 0 rings (SSSR count). The van der Waals surface area contributed by atoms with Crippen molar-refractivity contribution in [3.8, 4) is 0 Å². The zero-order valence-corrected chi connectivity index (χ0v) is 58.1. The van der Waals surface area contributed by atoms with Crippen LogP contribution in [-0.2, 0) is 65.4 Å². The molecule has 3 N–H and O–H groups in total. The van der Waals surface area contributed by atoms with Crippen LogP contribution in [0.5, 0.6) is 0 Å². The molecule has 0 bridgehead atoms. The summed E-state index contributed by atoms with van der Waals surface area (Å²) in [5, 5.41) is 10.6. The van der Waals surface area contributed by atoms with Gasteiger partial charge in [-0.15, -0.1) is 0 Å². The first-order valence-electron chi connectivity index (χ1n) is 35.5. The maximum absolute atomic E-state index is 13.0. The molecule has 5 atom stereocenters. The molecule has 19 heteroatoms. The van der Waals surface area contributed by atoms with Crippen LogP contribution in [0.4, 0.5) is 0 Å². The summed E-state index contributed by atoms with van der Waals surface area (Å²) in [7, 11) is -9.89. The topological polar surface area (TPSA) is 237 Å². The van der Waals surface area contributed by atoms with Gasteiger partial charge in [-0.05, 0) is 37.5 Å². The van der Waals surface area contributed by atoms with Crippen molar-refractivity contribution >= 4 is 39.5 Å². The number of hydrogen-bond acceptors (Lipinski definition) is 15. The summed E-state index contributed by atoms with van der Waals surface area (Å²) in [5.74, 6) is -0.649. The summed E-state index contributed by atoms with van der Waals surface area (Å²) in [5.41, 5.74) is 0. The Balaban J connectivity index is 5.23. The smallest absolute Gasteiger partial charge is 0.462 e. The number of aliphatic hydroxyl groups excluding tert-OH is 1. The molecular weight excluding hydrogens is 1150 g/mol. The molecular formula is C68H132O17P2. The van der Waals surface area contributed by atoms with E-state index in [2.05, 4.69) is 41.5 Å². The van der Waals surface area contributed by atoms with E-state index in [9.17, 15) is 43.2 Å². The molecule has 2 unspecified atom stereocenters. The number of rotatable bonds is 67. The molecule has 516 valence electrons. The van der Waals surface area contributed by atoms with Crippen LogP contribution in [0.25, 0.3) is 0 Å². The Morgan fingerprint density at radius 3 is 0.782 bits per heavy atom. The van der Waals surface area contributed by atoms with Crippen LogP contribution in [0.1, 0.15) is 343 Å². The van der Waals surface area contributed by atoms with Crippen LogP contribution in [0.3, 0.4) is 0 Å². The van der Waals surface area contributed by atoms with Crippen molar-refractivity contribution < 1.29 is 80.2 Å². The molecule has 0 aliphatic rings. The first-order chi connectivity index (χ1) is 41.9. The zero-order valence-electron chi connectivity index (χ0n) is 56.3. The lowest BCUT2D eigenvalue weighted by atomic mass is 10.0. The standard InChI is InChI=1S/C68H132O17P2/c1-7-9-11-13-15-17-18-19-20-21-22-27-34-40-46-52-67(72)84-64(57-79-66(71)51-45-39-33-28-23-25-30-36-42-48-60(3)4)59-83-87(76,77)81-55-62(69)54-80-86(74,75)82-58-63(56-78-65(70)50-44-38-32-16-14-12-10-8-2)85-68(73)53-47-41-35-29-24-26-31-37-43-49-61(5)6/h60-64,69H,7-59H2,1-6H3,(H,74,75)(H,76,77)/t62-,63+,64+/m0/s1. The van der Waals surface area contributed by atoms with Gasteiger partial charge in [-0.3, -0.25) is 37.3 Å². The molecule has 0 aromatic rings. The largest absolute Gasteiger partial charge is 0.472 e. The van der Waals surface area contributed by atoms with E-state index in [4.69, 9.17) is 37.0 Å². The number of aliphatic hydroxyl groups is 1. The van der Waals surface area contributed by atoms with Crippen LogP contribution >= 0.6 is 15.6 Å². The van der Waals surface area contributed by atoms with Crippen molar-refractivity contribution in [3.05, 3.63) is 0 Å². The highest BCUT2D eigenvalue weighted by atomic mass is 31.2. The monoisotopic (exact) mass is 1280 g/mol. The van der Waals surface area contributed by atoms with E-state index in [0.29, 0.717) is 25.7 Å². The van der Waals surface area contributed by atoms with Gasteiger partial charge in [0.15, 0.2) is 12.2 Å². The van der Waals surface area contributed by atoms with Gasteiger partial charge in [0, 0.05) is 25.7 Å². The molecule has 0 fully saturated rings. The molecule has 0 amide bonds. The van der Waals surface area contributed by atoms with Crippen LogP contribution in [0.15, 0.2) is 0 Å². The van der Waals surface area contributed by atoms with Gasteiger partial charge in [-0.25, -0.2) is 9.13 Å². The molecule has 0 aromatic carbocycles. The fraction of sp³-hybridized carbons (Fsp3) is 0.941. The SMILES string of the molecule is CCCCCCCCCCCCCCCCCC(=O)O[C@H](COC(=O)CCCCCCCCCCCC(C)C)COP(=O)(O)OC[C@@H](O)COP(=O)(O)OC[C@@H](COC(=O)CCCCCCCCCC)OC(=O)CCCCCCCCCCCC(C)C. The van der Waals surface area contributed by atoms with E-state index in [1.54, 1.807) is 0 Å². The molecule has 0 saturated carbocycles. The molecule has 0 heterocycles. The number of carbonyl (C=O) groups is 4. The summed E-state index contributed by atoms with van der Waals surface area (Å²) < 4.78 is 68.1. The average molecular weight is 1280 g/mol. The van der Waals surface area contributed by atoms with Crippen molar-refractivity contribution in [1.82, 2.24) is 0 Å². The Labute approximate surface area is 530 Å². The quantitative estimate of drug-likeness (QED) is 0.0222. The Hall–Kier alpha value is -1.94. The summed E-state index contributed by atoms with van der Waals surface area (Å²) in [6.45, 7) is 9.47. The normalized spacial score (nSPS) is 14.2. The summed E-state index contributed by atoms with van der Waals surface area (Å²) in [6, 6.07) is 0. The number of phosphoric acid groups is 2. The Kier molecular flexibility index (Phi) is 59.0. The van der Waals surface area contributed by atoms with Crippen molar-refractivity contribution in [3.63, 3.8) is 0 Å². The highest BCUT2D eigenvalue weighted by Crippen LogP contribution is 2.45. The number of esters is 4. The van der Waals surface area contributed by atoms with Gasteiger partial charge < -0.3 is 33.8 Å². The second kappa shape index (κ2) is 60.3. The number of ether oxygens (including phenoxy) is 4. The second-order valence-electron chi connectivity index (χ2n) is 25.5. The summed E-state index contributed by atoms with van der Waals surface area (Å²) in [4.78, 5) is 72.4. The molecule has 17 nitrogen and oxygen atoms in total. The predicted molar refractivity (Wildman–Crippen MR) is 349 cm³/mol. The van der Waals surface area contributed by atoms with Gasteiger partial charge in [-0.2, -0.15) is 0 Å². The van der Waals surface area contributed by atoms with Gasteiger partial charge in [0.05, 0.1) is 26.4 Å². The number of phosphoric ester groups is 2. The molecule has 87 heavy (non-hydrogen) atoms. The lowest BCUT2D eigenvalue weighted by Crippen LogP contribution is -2.30. The molecule has 0 aromatic heterocycles. The summed E-state index contributed by atoms with van der Waals surface area (Å²) in [6.07, 6.45) is 44.4. The van der Waals surface area contributed by atoms with Gasteiger partial charge in [0.25, 0.3) is 0 Å². The van der Waals surface area contributed by atoms with Crippen molar-refractivity contribution in [2.24, 2.45) is 11.8 Å². The molecule has 0 aliphatic carbocycles. The fourth-order valence-corrected chi connectivity index (χ4v) is 11.8. The third-order valence-corrected chi connectivity index (χ3v) is 17.6. The second-order valence-corrected chi connectivity index (χ2v) is 28.4. The zero-order chi connectivity index (χ0) is 64.3. The molecule has 0 radical (unpaired) electrons. The van der Waals surface area contributed by atoms with E-state index < -0.39 is 97.5 Å².